The lowest BCUT2D eigenvalue weighted by Crippen LogP contribution is -2.14. The molecule has 3 N–H and O–H groups in total. The molecule has 0 saturated carbocycles. The number of carbonyl (C=O) groups is 1. The van der Waals surface area contributed by atoms with Crippen molar-refractivity contribution < 1.29 is 4.79 Å². The summed E-state index contributed by atoms with van der Waals surface area (Å²) in [4.78, 5) is 11.8. The van der Waals surface area contributed by atoms with E-state index in [0.29, 0.717) is 6.54 Å². The van der Waals surface area contributed by atoms with Gasteiger partial charge in [-0.1, -0.05) is 30.0 Å². The molecule has 0 aliphatic heterocycles. The smallest absolute Gasteiger partial charge is 0.234 e. The van der Waals surface area contributed by atoms with Gasteiger partial charge in [0.05, 0.1) is 12.3 Å². The molecule has 2 aromatic rings. The maximum atomic E-state index is 11.8. The van der Waals surface area contributed by atoms with Crippen LogP contribution in [-0.4, -0.2) is 26.4 Å². The number of nitrogens with zero attached hydrogens (tertiary/aromatic N) is 3. The third kappa shape index (κ3) is 3.58. The standard InChI is InChI=1S/C13H17N5OS/c1-2-18-11(8-14)16-17-13(18)20-9-12(19)15-10-6-4-3-5-7-10/h3-7H,2,8-9,14H2,1H3,(H,15,19). The lowest BCUT2D eigenvalue weighted by molar-refractivity contribution is -0.113. The van der Waals surface area contributed by atoms with Crippen LogP contribution in [0.5, 0.6) is 0 Å². The van der Waals surface area contributed by atoms with Crippen LogP contribution < -0.4 is 11.1 Å². The van der Waals surface area contributed by atoms with Gasteiger partial charge in [0.15, 0.2) is 5.16 Å². The van der Waals surface area contributed by atoms with E-state index in [-0.39, 0.29) is 11.7 Å². The molecule has 0 bridgehead atoms. The van der Waals surface area contributed by atoms with E-state index in [1.165, 1.54) is 11.8 Å². The Morgan fingerprint density at radius 1 is 1.35 bits per heavy atom. The van der Waals surface area contributed by atoms with E-state index in [2.05, 4.69) is 15.5 Å². The predicted octanol–water partition coefficient (Wildman–Crippen LogP) is 1.49. The Morgan fingerprint density at radius 2 is 2.10 bits per heavy atom. The number of amides is 1. The van der Waals surface area contributed by atoms with Crippen molar-refractivity contribution in [1.29, 1.82) is 0 Å². The fourth-order valence-corrected chi connectivity index (χ4v) is 2.56. The summed E-state index contributed by atoms with van der Waals surface area (Å²) in [7, 11) is 0. The Bertz CT molecular complexity index is 569. The summed E-state index contributed by atoms with van der Waals surface area (Å²) in [6.45, 7) is 3.08. The highest BCUT2D eigenvalue weighted by Crippen LogP contribution is 2.17. The minimum Gasteiger partial charge on any atom is -0.325 e. The summed E-state index contributed by atoms with van der Waals surface area (Å²) in [5.74, 6) is 0.956. The van der Waals surface area contributed by atoms with Crippen LogP contribution in [0.25, 0.3) is 0 Å². The number of anilines is 1. The van der Waals surface area contributed by atoms with E-state index in [1.807, 2.05) is 41.8 Å². The molecular weight excluding hydrogens is 274 g/mol. The average molecular weight is 291 g/mol. The van der Waals surface area contributed by atoms with Gasteiger partial charge in [0.2, 0.25) is 5.91 Å². The number of nitrogens with one attached hydrogen (secondary N) is 1. The third-order valence-corrected chi connectivity index (χ3v) is 3.65. The molecule has 7 heteroatoms. The van der Waals surface area contributed by atoms with Gasteiger partial charge in [-0.05, 0) is 19.1 Å². The molecular formula is C13H17N5OS. The summed E-state index contributed by atoms with van der Waals surface area (Å²) in [6.07, 6.45) is 0. The number of aromatic nitrogens is 3. The van der Waals surface area contributed by atoms with Gasteiger partial charge in [-0.25, -0.2) is 0 Å². The second-order valence-corrected chi connectivity index (χ2v) is 4.99. The number of nitrogens with two attached hydrogens (primary N) is 1. The summed E-state index contributed by atoms with van der Waals surface area (Å²) in [6, 6.07) is 9.36. The zero-order valence-electron chi connectivity index (χ0n) is 11.2. The highest BCUT2D eigenvalue weighted by Gasteiger charge is 2.12. The van der Waals surface area contributed by atoms with Crippen LogP contribution in [0, 0.1) is 0 Å². The molecule has 0 atom stereocenters. The van der Waals surface area contributed by atoms with E-state index >= 15 is 0 Å². The van der Waals surface area contributed by atoms with Crippen LogP contribution in [0.3, 0.4) is 0 Å². The van der Waals surface area contributed by atoms with Gasteiger partial charge < -0.3 is 15.6 Å². The van der Waals surface area contributed by atoms with Gasteiger partial charge in [-0.15, -0.1) is 10.2 Å². The largest absolute Gasteiger partial charge is 0.325 e. The van der Waals surface area contributed by atoms with Crippen molar-refractivity contribution in [3.63, 3.8) is 0 Å². The molecule has 0 aliphatic carbocycles. The van der Waals surface area contributed by atoms with Crippen molar-refractivity contribution in [2.75, 3.05) is 11.1 Å². The first-order valence-corrected chi connectivity index (χ1v) is 7.33. The Morgan fingerprint density at radius 3 is 2.75 bits per heavy atom. The van der Waals surface area contributed by atoms with Crippen LogP contribution in [0.1, 0.15) is 12.7 Å². The highest BCUT2D eigenvalue weighted by molar-refractivity contribution is 7.99. The summed E-state index contributed by atoms with van der Waals surface area (Å²) in [5.41, 5.74) is 6.38. The number of rotatable bonds is 6. The van der Waals surface area contributed by atoms with Gasteiger partial charge in [0.1, 0.15) is 5.82 Å². The molecule has 1 amide bonds. The van der Waals surface area contributed by atoms with Crippen molar-refractivity contribution in [2.45, 2.75) is 25.2 Å². The average Bonchev–Trinajstić information content (AvgIpc) is 2.88. The Kier molecular flexibility index (Phi) is 5.14. The molecule has 0 aliphatic rings. The Hall–Kier alpha value is -1.86. The number of thioether (sulfide) groups is 1. The first-order chi connectivity index (χ1) is 9.74. The first-order valence-electron chi connectivity index (χ1n) is 6.34. The van der Waals surface area contributed by atoms with E-state index in [0.717, 1.165) is 23.2 Å². The zero-order valence-corrected chi connectivity index (χ0v) is 12.1. The van der Waals surface area contributed by atoms with Gasteiger partial charge in [0, 0.05) is 12.2 Å². The molecule has 0 radical (unpaired) electrons. The van der Waals surface area contributed by atoms with Crippen molar-refractivity contribution in [1.82, 2.24) is 14.8 Å². The highest BCUT2D eigenvalue weighted by atomic mass is 32.2. The van der Waals surface area contributed by atoms with Crippen LogP contribution in [0.2, 0.25) is 0 Å². The van der Waals surface area contributed by atoms with E-state index in [4.69, 9.17) is 5.73 Å². The maximum Gasteiger partial charge on any atom is 0.234 e. The van der Waals surface area contributed by atoms with Crippen LogP contribution in [0.4, 0.5) is 5.69 Å². The van der Waals surface area contributed by atoms with Crippen LogP contribution >= 0.6 is 11.8 Å². The monoisotopic (exact) mass is 291 g/mol. The summed E-state index contributed by atoms with van der Waals surface area (Å²) < 4.78 is 1.92. The molecule has 0 fully saturated rings. The molecule has 1 heterocycles. The predicted molar refractivity (Wildman–Crippen MR) is 79.4 cm³/mol. The van der Waals surface area contributed by atoms with Crippen molar-refractivity contribution in [2.24, 2.45) is 5.73 Å². The number of hydrogen-bond acceptors (Lipinski definition) is 5. The van der Waals surface area contributed by atoms with Crippen molar-refractivity contribution in [3.8, 4) is 0 Å². The first kappa shape index (κ1) is 14.5. The molecule has 0 spiro atoms. The third-order valence-electron chi connectivity index (χ3n) is 2.68. The van der Waals surface area contributed by atoms with E-state index in [1.54, 1.807) is 0 Å². The minimum atomic E-state index is -0.0684. The minimum absolute atomic E-state index is 0.0684. The number of hydrogen-bond donors (Lipinski definition) is 2. The van der Waals surface area contributed by atoms with Crippen LogP contribution in [0.15, 0.2) is 35.5 Å². The van der Waals surface area contributed by atoms with Gasteiger partial charge >= 0.3 is 0 Å². The normalized spacial score (nSPS) is 10.5. The van der Waals surface area contributed by atoms with Gasteiger partial charge in [0.25, 0.3) is 0 Å². The summed E-state index contributed by atoms with van der Waals surface area (Å²) in [5, 5.41) is 11.6. The molecule has 1 aromatic heterocycles. The van der Waals surface area contributed by atoms with Crippen LogP contribution in [-0.2, 0) is 17.9 Å². The zero-order chi connectivity index (χ0) is 14.4. The fourth-order valence-electron chi connectivity index (χ4n) is 1.74. The molecule has 1 aromatic carbocycles. The van der Waals surface area contributed by atoms with E-state index < -0.39 is 0 Å². The quantitative estimate of drug-likeness (QED) is 0.787. The topological polar surface area (TPSA) is 85.8 Å². The molecule has 2 rings (SSSR count). The number of benzene rings is 1. The second-order valence-electron chi connectivity index (χ2n) is 4.05. The van der Waals surface area contributed by atoms with Gasteiger partial charge in [-0.3, -0.25) is 4.79 Å². The Balaban J connectivity index is 1.92. The fraction of sp³-hybridized carbons (Fsp3) is 0.308. The maximum absolute atomic E-state index is 11.8. The summed E-state index contributed by atoms with van der Waals surface area (Å²) >= 11 is 1.36. The molecule has 0 saturated heterocycles. The number of para-hydroxylation sites is 1. The number of carbonyl (C=O) groups excluding carboxylic acids is 1. The van der Waals surface area contributed by atoms with Crippen molar-refractivity contribution >= 4 is 23.4 Å². The second kappa shape index (κ2) is 7.06. The Labute approximate surface area is 121 Å². The lowest BCUT2D eigenvalue weighted by atomic mass is 10.3. The van der Waals surface area contributed by atoms with E-state index in [9.17, 15) is 4.79 Å². The molecule has 0 unspecified atom stereocenters. The lowest BCUT2D eigenvalue weighted by Gasteiger charge is -2.06. The SMILES string of the molecule is CCn1c(CN)nnc1SCC(=O)Nc1ccccc1. The molecule has 6 nitrogen and oxygen atoms in total. The molecule has 106 valence electrons. The van der Waals surface area contributed by atoms with Gasteiger partial charge in [-0.2, -0.15) is 0 Å². The van der Waals surface area contributed by atoms with Crippen molar-refractivity contribution in [3.05, 3.63) is 36.2 Å². The molecule has 20 heavy (non-hydrogen) atoms.